The molecule has 2 aromatic rings. The largest absolute Gasteiger partial charge is 0.507 e. The molecule has 176 valence electrons. The van der Waals surface area contributed by atoms with E-state index in [-0.39, 0.29) is 11.3 Å². The average molecular weight is 453 g/mol. The van der Waals surface area contributed by atoms with E-state index in [0.717, 1.165) is 19.6 Å². The second-order valence-electron chi connectivity index (χ2n) is 7.85. The van der Waals surface area contributed by atoms with Crippen molar-refractivity contribution in [1.29, 1.82) is 0 Å². The first-order valence-electron chi connectivity index (χ1n) is 11.2. The average Bonchev–Trinajstić information content (AvgIpc) is 3.11. The molecule has 0 radical (unpaired) electrons. The van der Waals surface area contributed by atoms with Gasteiger partial charge in [-0.2, -0.15) is 0 Å². The molecule has 0 spiro atoms. The number of ether oxygens (including phenoxy) is 2. The first-order valence-corrected chi connectivity index (χ1v) is 11.2. The summed E-state index contributed by atoms with van der Waals surface area (Å²) in [7, 11) is 3.09. The van der Waals surface area contributed by atoms with Gasteiger partial charge in [0.15, 0.2) is 0 Å². The maximum absolute atomic E-state index is 13.2. The third-order valence-electron chi connectivity index (χ3n) is 6.09. The maximum atomic E-state index is 13.2. The van der Waals surface area contributed by atoms with Gasteiger partial charge in [-0.25, -0.2) is 0 Å². The minimum absolute atomic E-state index is 0.0561. The third-order valence-corrected chi connectivity index (χ3v) is 6.09. The number of benzene rings is 2. The molecule has 1 amide bonds. The van der Waals surface area contributed by atoms with E-state index in [0.29, 0.717) is 35.6 Å². The van der Waals surface area contributed by atoms with Crippen molar-refractivity contribution < 1.29 is 24.2 Å². The summed E-state index contributed by atoms with van der Waals surface area (Å²) in [6.07, 6.45) is 0.697. The fraction of sp³-hybridized carbons (Fsp3) is 0.385. The highest BCUT2D eigenvalue weighted by atomic mass is 16.5. The lowest BCUT2D eigenvalue weighted by atomic mass is 9.94. The number of ketones is 1. The Balaban J connectivity index is 2.11. The van der Waals surface area contributed by atoms with E-state index in [2.05, 4.69) is 18.7 Å². The fourth-order valence-electron chi connectivity index (χ4n) is 4.24. The minimum Gasteiger partial charge on any atom is -0.507 e. The minimum atomic E-state index is -0.785. The summed E-state index contributed by atoms with van der Waals surface area (Å²) in [4.78, 5) is 30.1. The van der Waals surface area contributed by atoms with Crippen molar-refractivity contribution in [3.8, 4) is 11.5 Å². The van der Waals surface area contributed by atoms with Crippen LogP contribution in [0.1, 0.15) is 37.4 Å². The molecule has 3 rings (SSSR count). The van der Waals surface area contributed by atoms with Gasteiger partial charge < -0.3 is 24.4 Å². The van der Waals surface area contributed by atoms with Crippen LogP contribution in [0.25, 0.3) is 5.76 Å². The molecule has 0 aliphatic carbocycles. The van der Waals surface area contributed by atoms with E-state index in [1.54, 1.807) is 49.6 Å². The Bertz CT molecular complexity index is 1010. The second-order valence-corrected chi connectivity index (χ2v) is 7.85. The number of hydrogen-bond acceptors (Lipinski definition) is 6. The molecule has 33 heavy (non-hydrogen) atoms. The zero-order chi connectivity index (χ0) is 24.0. The smallest absolute Gasteiger partial charge is 0.295 e. The van der Waals surface area contributed by atoms with Crippen LogP contribution < -0.4 is 9.47 Å². The summed E-state index contributed by atoms with van der Waals surface area (Å²) in [6, 6.07) is 13.3. The van der Waals surface area contributed by atoms with Crippen LogP contribution in [0.4, 0.5) is 0 Å². The summed E-state index contributed by atoms with van der Waals surface area (Å²) in [6.45, 7) is 7.19. The van der Waals surface area contributed by atoms with E-state index in [4.69, 9.17) is 9.47 Å². The molecule has 1 atom stereocenters. The first-order chi connectivity index (χ1) is 16.0. The molecule has 0 saturated carbocycles. The Morgan fingerprint density at radius 2 is 1.73 bits per heavy atom. The number of Topliss-reactive ketones (excluding diaryl/α,β-unsaturated/α-hetero) is 1. The van der Waals surface area contributed by atoms with Crippen molar-refractivity contribution in [2.45, 2.75) is 26.3 Å². The van der Waals surface area contributed by atoms with E-state index in [1.165, 1.54) is 12.0 Å². The Hall–Kier alpha value is -3.32. The van der Waals surface area contributed by atoms with Crippen LogP contribution in [-0.4, -0.2) is 67.0 Å². The van der Waals surface area contributed by atoms with Gasteiger partial charge in [0.2, 0.25) is 0 Å². The number of nitrogens with zero attached hydrogens (tertiary/aromatic N) is 2. The maximum Gasteiger partial charge on any atom is 0.295 e. The van der Waals surface area contributed by atoms with Gasteiger partial charge in [-0.05, 0) is 44.3 Å². The molecule has 2 aromatic carbocycles. The monoisotopic (exact) mass is 452 g/mol. The predicted molar refractivity (Wildman–Crippen MR) is 127 cm³/mol. The zero-order valence-electron chi connectivity index (χ0n) is 19.7. The van der Waals surface area contributed by atoms with Crippen LogP contribution >= 0.6 is 0 Å². The zero-order valence-corrected chi connectivity index (χ0v) is 19.7. The van der Waals surface area contributed by atoms with Gasteiger partial charge in [-0.3, -0.25) is 9.59 Å². The molecular formula is C26H32N2O5. The number of methoxy groups -OCH3 is 2. The van der Waals surface area contributed by atoms with E-state index >= 15 is 0 Å². The second kappa shape index (κ2) is 11.0. The molecule has 0 aromatic heterocycles. The molecule has 1 aliphatic heterocycles. The van der Waals surface area contributed by atoms with Gasteiger partial charge in [0.05, 0.1) is 25.8 Å². The Kier molecular flexibility index (Phi) is 8.11. The summed E-state index contributed by atoms with van der Waals surface area (Å²) in [5.74, 6) is -0.444. The van der Waals surface area contributed by atoms with Crippen LogP contribution in [0, 0.1) is 0 Å². The van der Waals surface area contributed by atoms with Crippen molar-refractivity contribution in [3.63, 3.8) is 0 Å². The Morgan fingerprint density at radius 3 is 2.33 bits per heavy atom. The first kappa shape index (κ1) is 24.3. The van der Waals surface area contributed by atoms with Crippen LogP contribution in [0.15, 0.2) is 54.1 Å². The molecule has 1 aliphatic rings. The number of carbonyl (C=O) groups excluding carboxylic acids is 2. The number of carbonyl (C=O) groups is 2. The molecule has 1 heterocycles. The van der Waals surface area contributed by atoms with Crippen LogP contribution in [-0.2, 0) is 9.59 Å². The number of likely N-dealkylation sites (tertiary alicyclic amines) is 1. The SMILES string of the molecule is CCN(CC)CCCN1C(=O)C(=O)/C(=C(\O)c2ccccc2)C1c1cc(OC)ccc1OC. The van der Waals surface area contributed by atoms with Gasteiger partial charge in [0, 0.05) is 17.7 Å². The number of aliphatic hydroxyl groups excluding tert-OH is 1. The van der Waals surface area contributed by atoms with E-state index in [1.807, 2.05) is 6.07 Å². The van der Waals surface area contributed by atoms with Crippen LogP contribution in [0.5, 0.6) is 11.5 Å². The number of rotatable bonds is 10. The van der Waals surface area contributed by atoms with Gasteiger partial charge in [0.25, 0.3) is 11.7 Å². The lowest BCUT2D eigenvalue weighted by Crippen LogP contribution is -2.33. The molecule has 1 unspecified atom stereocenters. The number of amides is 1. The summed E-state index contributed by atoms with van der Waals surface area (Å²) >= 11 is 0. The van der Waals surface area contributed by atoms with Gasteiger partial charge in [-0.1, -0.05) is 44.2 Å². The Labute approximate surface area is 195 Å². The van der Waals surface area contributed by atoms with Crippen molar-refractivity contribution in [1.82, 2.24) is 9.80 Å². The van der Waals surface area contributed by atoms with E-state index < -0.39 is 17.7 Å². The molecule has 1 N–H and O–H groups in total. The third kappa shape index (κ3) is 5.03. The quantitative estimate of drug-likeness (QED) is 0.335. The van der Waals surface area contributed by atoms with Crippen molar-refractivity contribution in [3.05, 3.63) is 65.2 Å². The van der Waals surface area contributed by atoms with Gasteiger partial charge in [-0.15, -0.1) is 0 Å². The van der Waals surface area contributed by atoms with Crippen LogP contribution in [0.3, 0.4) is 0 Å². The Morgan fingerprint density at radius 1 is 1.03 bits per heavy atom. The van der Waals surface area contributed by atoms with Gasteiger partial charge in [0.1, 0.15) is 17.3 Å². The lowest BCUT2D eigenvalue weighted by molar-refractivity contribution is -0.140. The van der Waals surface area contributed by atoms with Crippen molar-refractivity contribution >= 4 is 17.4 Å². The summed E-state index contributed by atoms with van der Waals surface area (Å²) in [5, 5.41) is 11.1. The standard InChI is InChI=1S/C26H32N2O5/c1-5-27(6-2)15-10-16-28-23(20-17-19(32-3)13-14-21(20)33-4)22(25(30)26(28)31)24(29)18-11-8-7-9-12-18/h7-9,11-14,17,23,29H,5-6,10,15-16H2,1-4H3/b24-22-. The lowest BCUT2D eigenvalue weighted by Gasteiger charge is -2.28. The highest BCUT2D eigenvalue weighted by molar-refractivity contribution is 6.46. The van der Waals surface area contributed by atoms with Gasteiger partial charge >= 0.3 is 0 Å². The molecule has 1 fully saturated rings. The highest BCUT2D eigenvalue weighted by Gasteiger charge is 2.47. The molecular weight excluding hydrogens is 420 g/mol. The molecule has 7 nitrogen and oxygen atoms in total. The van der Waals surface area contributed by atoms with Crippen LogP contribution in [0.2, 0.25) is 0 Å². The normalized spacial score (nSPS) is 17.6. The number of aliphatic hydroxyl groups is 1. The topological polar surface area (TPSA) is 79.3 Å². The van der Waals surface area contributed by atoms with Crippen molar-refractivity contribution in [2.75, 3.05) is 40.4 Å². The predicted octanol–water partition coefficient (Wildman–Crippen LogP) is 3.86. The van der Waals surface area contributed by atoms with Crippen molar-refractivity contribution in [2.24, 2.45) is 0 Å². The molecule has 0 bridgehead atoms. The summed E-state index contributed by atoms with van der Waals surface area (Å²) in [5.41, 5.74) is 1.13. The molecule has 7 heteroatoms. The summed E-state index contributed by atoms with van der Waals surface area (Å²) < 4.78 is 11.0. The molecule has 1 saturated heterocycles. The number of hydrogen-bond donors (Lipinski definition) is 1. The highest BCUT2D eigenvalue weighted by Crippen LogP contribution is 2.43. The fourth-order valence-corrected chi connectivity index (χ4v) is 4.24. The van der Waals surface area contributed by atoms with E-state index in [9.17, 15) is 14.7 Å².